The van der Waals surface area contributed by atoms with Crippen LogP contribution in [0, 0.1) is 6.92 Å². The summed E-state index contributed by atoms with van der Waals surface area (Å²) in [6, 6.07) is 19.9. The van der Waals surface area contributed by atoms with E-state index in [4.69, 9.17) is 23.2 Å². The highest BCUT2D eigenvalue weighted by atomic mass is 35.5. The fraction of sp³-hybridized carbons (Fsp3) is 0.105. The van der Waals surface area contributed by atoms with E-state index < -0.39 is 4.84 Å². The minimum absolute atomic E-state index is 0.367. The number of rotatable bonds is 3. The van der Waals surface area contributed by atoms with Crippen LogP contribution in [0.4, 0.5) is 0 Å². The zero-order valence-electron chi connectivity index (χ0n) is 13.4. The molecule has 0 unspecified atom stereocenters. The van der Waals surface area contributed by atoms with Crippen molar-refractivity contribution >= 4 is 28.8 Å². The van der Waals surface area contributed by atoms with Crippen LogP contribution in [-0.2, 0) is 0 Å². The maximum Gasteiger partial charge on any atom is 0.167 e. The average molecular weight is 369 g/mol. The molecule has 0 N–H and O–H groups in total. The van der Waals surface area contributed by atoms with Crippen molar-refractivity contribution in [2.75, 3.05) is 0 Å². The highest BCUT2D eigenvalue weighted by Crippen LogP contribution is 2.27. The van der Waals surface area contributed by atoms with Crippen LogP contribution in [0.2, 0.25) is 0 Å². The summed E-state index contributed by atoms with van der Waals surface area (Å²) >= 11 is 12.0. The number of hydrogen-bond donors (Lipinski definition) is 0. The first-order valence-corrected chi connectivity index (χ1v) is 8.67. The van der Waals surface area contributed by atoms with Gasteiger partial charge in [0.05, 0.1) is 5.69 Å². The Morgan fingerprint density at radius 1 is 0.880 bits per heavy atom. The summed E-state index contributed by atoms with van der Waals surface area (Å²) in [7, 11) is 0. The van der Waals surface area contributed by atoms with Crippen molar-refractivity contribution in [3.8, 4) is 22.6 Å². The summed E-state index contributed by atoms with van der Waals surface area (Å²) in [5, 5.41) is 4.69. The number of aromatic nitrogens is 4. The van der Waals surface area contributed by atoms with Crippen LogP contribution in [0.15, 0.2) is 60.7 Å². The second kappa shape index (κ2) is 6.47. The van der Waals surface area contributed by atoms with E-state index in [0.717, 1.165) is 16.8 Å². The molecule has 0 saturated carbocycles. The minimum Gasteiger partial charge on any atom is -0.211 e. The van der Waals surface area contributed by atoms with Gasteiger partial charge < -0.3 is 0 Å². The first kappa shape index (κ1) is 16.1. The molecule has 0 saturated heterocycles. The quantitative estimate of drug-likeness (QED) is 0.464. The van der Waals surface area contributed by atoms with E-state index in [1.165, 1.54) is 5.56 Å². The Morgan fingerprint density at radius 3 is 2.28 bits per heavy atom. The van der Waals surface area contributed by atoms with Crippen LogP contribution in [0.25, 0.3) is 28.3 Å². The Balaban J connectivity index is 1.96. The zero-order valence-corrected chi connectivity index (χ0v) is 14.9. The summed E-state index contributed by atoms with van der Waals surface area (Å²) in [4.78, 5) is 8.18. The number of benzene rings is 2. The van der Waals surface area contributed by atoms with Gasteiger partial charge in [-0.3, -0.25) is 0 Å². The monoisotopic (exact) mass is 368 g/mol. The third-order valence-electron chi connectivity index (χ3n) is 3.92. The van der Waals surface area contributed by atoms with Gasteiger partial charge >= 0.3 is 0 Å². The maximum absolute atomic E-state index is 6.02. The molecule has 124 valence electrons. The summed E-state index contributed by atoms with van der Waals surface area (Å²) in [5.41, 5.74) is 4.59. The first-order valence-electron chi connectivity index (χ1n) is 7.80. The molecule has 0 bridgehead atoms. The van der Waals surface area contributed by atoms with Crippen LogP contribution in [0.1, 0.15) is 16.2 Å². The van der Waals surface area contributed by atoms with Gasteiger partial charge in [0.2, 0.25) is 0 Å². The molecule has 0 aliphatic carbocycles. The van der Waals surface area contributed by atoms with Gasteiger partial charge in [-0.15, -0.1) is 0 Å². The molecule has 2 aromatic carbocycles. The van der Waals surface area contributed by atoms with Gasteiger partial charge in [-0.2, -0.15) is 9.61 Å². The molecule has 0 fully saturated rings. The third-order valence-corrected chi connectivity index (χ3v) is 4.31. The number of hydrogen-bond acceptors (Lipinski definition) is 3. The lowest BCUT2D eigenvalue weighted by Crippen LogP contribution is -2.04. The van der Waals surface area contributed by atoms with Gasteiger partial charge in [0.1, 0.15) is 0 Å². The topological polar surface area (TPSA) is 43.1 Å². The molecule has 0 aliphatic heterocycles. The molecule has 0 radical (unpaired) electrons. The van der Waals surface area contributed by atoms with Crippen LogP contribution in [0.5, 0.6) is 0 Å². The van der Waals surface area contributed by atoms with Crippen molar-refractivity contribution in [1.29, 1.82) is 0 Å². The number of alkyl halides is 2. The highest BCUT2D eigenvalue weighted by Gasteiger charge is 2.16. The van der Waals surface area contributed by atoms with E-state index in [1.54, 1.807) is 4.52 Å². The Labute approximate surface area is 155 Å². The summed E-state index contributed by atoms with van der Waals surface area (Å²) in [6.07, 6.45) is 0. The summed E-state index contributed by atoms with van der Waals surface area (Å²) in [5.74, 6) is 1.03. The van der Waals surface area contributed by atoms with Crippen molar-refractivity contribution in [3.63, 3.8) is 0 Å². The molecule has 0 amide bonds. The van der Waals surface area contributed by atoms with Gasteiger partial charge in [0.15, 0.2) is 22.1 Å². The third kappa shape index (κ3) is 3.11. The van der Waals surface area contributed by atoms with E-state index in [-0.39, 0.29) is 0 Å². The van der Waals surface area contributed by atoms with E-state index in [0.29, 0.717) is 17.3 Å². The van der Waals surface area contributed by atoms with E-state index >= 15 is 0 Å². The predicted molar refractivity (Wildman–Crippen MR) is 101 cm³/mol. The normalized spacial score (nSPS) is 11.4. The smallest absolute Gasteiger partial charge is 0.167 e. The van der Waals surface area contributed by atoms with Crippen LogP contribution in [0.3, 0.4) is 0 Å². The maximum atomic E-state index is 6.02. The number of aryl methyl sites for hydroxylation is 1. The van der Waals surface area contributed by atoms with Crippen molar-refractivity contribution in [2.45, 2.75) is 11.8 Å². The molecule has 2 aromatic heterocycles. The first-order chi connectivity index (χ1) is 12.1. The van der Waals surface area contributed by atoms with Crippen LogP contribution < -0.4 is 0 Å². The van der Waals surface area contributed by atoms with Crippen LogP contribution >= 0.6 is 23.2 Å². The standard InChI is InChI=1S/C19H14Cl2N4/c1-12-7-9-14(10-8-12)19-23-18(17(20)21)22-16-11-15(24-25(16)19)13-5-3-2-4-6-13/h2-11,17H,1H3. The molecule has 0 atom stereocenters. The molecule has 4 nitrogen and oxygen atoms in total. The fourth-order valence-corrected chi connectivity index (χ4v) is 2.84. The SMILES string of the molecule is Cc1ccc(-c2nc(C(Cl)Cl)nc3cc(-c4ccccc4)nn23)cc1. The van der Waals surface area contributed by atoms with Crippen molar-refractivity contribution in [2.24, 2.45) is 0 Å². The van der Waals surface area contributed by atoms with E-state index in [1.807, 2.05) is 67.6 Å². The predicted octanol–water partition coefficient (Wildman–Crippen LogP) is 5.24. The Kier molecular flexibility index (Phi) is 4.15. The lowest BCUT2D eigenvalue weighted by Gasteiger charge is -2.07. The number of fused-ring (bicyclic) bond motifs is 1. The molecular weight excluding hydrogens is 355 g/mol. The Hall–Kier alpha value is -2.43. The molecule has 4 rings (SSSR count). The molecule has 2 heterocycles. The molecular formula is C19H14Cl2N4. The van der Waals surface area contributed by atoms with Crippen molar-refractivity contribution < 1.29 is 0 Å². The highest BCUT2D eigenvalue weighted by molar-refractivity contribution is 6.43. The van der Waals surface area contributed by atoms with Gasteiger partial charge in [-0.1, -0.05) is 83.4 Å². The van der Waals surface area contributed by atoms with E-state index in [2.05, 4.69) is 15.1 Å². The lowest BCUT2D eigenvalue weighted by atomic mass is 10.1. The van der Waals surface area contributed by atoms with Gasteiger partial charge in [-0.25, -0.2) is 9.97 Å². The molecule has 4 aromatic rings. The average Bonchev–Trinajstić information content (AvgIpc) is 3.06. The molecule has 0 aliphatic rings. The number of halogens is 2. The van der Waals surface area contributed by atoms with Gasteiger partial charge in [0.25, 0.3) is 0 Å². The molecule has 6 heteroatoms. The molecule has 25 heavy (non-hydrogen) atoms. The largest absolute Gasteiger partial charge is 0.211 e. The second-order valence-electron chi connectivity index (χ2n) is 5.74. The second-order valence-corrected chi connectivity index (χ2v) is 6.83. The zero-order chi connectivity index (χ0) is 17.4. The van der Waals surface area contributed by atoms with E-state index in [9.17, 15) is 0 Å². The van der Waals surface area contributed by atoms with Crippen molar-refractivity contribution in [3.05, 3.63) is 72.1 Å². The summed E-state index contributed by atoms with van der Waals surface area (Å²) < 4.78 is 1.73. The van der Waals surface area contributed by atoms with Gasteiger partial charge in [-0.05, 0) is 6.92 Å². The van der Waals surface area contributed by atoms with Gasteiger partial charge in [0, 0.05) is 17.2 Å². The molecule has 0 spiro atoms. The minimum atomic E-state index is -0.802. The lowest BCUT2D eigenvalue weighted by molar-refractivity contribution is 0.873. The Morgan fingerprint density at radius 2 is 1.60 bits per heavy atom. The van der Waals surface area contributed by atoms with Crippen LogP contribution in [-0.4, -0.2) is 19.6 Å². The van der Waals surface area contributed by atoms with Crippen molar-refractivity contribution in [1.82, 2.24) is 19.6 Å². The number of nitrogens with zero attached hydrogens (tertiary/aromatic N) is 4. The summed E-state index contributed by atoms with van der Waals surface area (Å²) in [6.45, 7) is 2.04. The fourth-order valence-electron chi connectivity index (χ4n) is 2.64. The Bertz CT molecular complexity index is 1020.